The molecule has 4 atom stereocenters. The van der Waals surface area contributed by atoms with Crippen LogP contribution < -0.4 is 0 Å². The molecule has 2 spiro atoms. The molecule has 4 bridgehead atoms. The second-order valence-corrected chi connectivity index (χ2v) is 10.0. The molecule has 0 N–H and O–H groups in total. The number of benzene rings is 3. The van der Waals surface area contributed by atoms with Gasteiger partial charge in [-0.15, -0.1) is 0 Å². The van der Waals surface area contributed by atoms with Crippen molar-refractivity contribution in [1.82, 2.24) is 0 Å². The van der Waals surface area contributed by atoms with Crippen molar-refractivity contribution in [3.63, 3.8) is 0 Å². The quantitative estimate of drug-likeness (QED) is 0.378. The predicted octanol–water partition coefficient (Wildman–Crippen LogP) is 4.98. The van der Waals surface area contributed by atoms with Crippen molar-refractivity contribution >= 4 is 21.5 Å². The normalized spacial score (nSPS) is 33.5. The summed E-state index contributed by atoms with van der Waals surface area (Å²) < 4.78 is 24.8. The van der Waals surface area contributed by atoms with Crippen molar-refractivity contribution in [3.05, 3.63) is 83.0 Å². The zero-order valence-electron chi connectivity index (χ0n) is 17.5. The Balaban J connectivity index is 1.23. The van der Waals surface area contributed by atoms with Crippen LogP contribution in [0, 0.1) is 0 Å². The Labute approximate surface area is 185 Å². The summed E-state index contributed by atoms with van der Waals surface area (Å²) in [6, 6.07) is 14.2. The van der Waals surface area contributed by atoms with E-state index >= 15 is 0 Å². The Morgan fingerprint density at radius 1 is 0.438 bits per heavy atom. The summed E-state index contributed by atoms with van der Waals surface area (Å²) in [6.07, 6.45) is 9.12. The first-order chi connectivity index (χ1) is 15.8. The van der Waals surface area contributed by atoms with Gasteiger partial charge in [0.15, 0.2) is 11.6 Å². The number of fused-ring (bicyclic) bond motifs is 8. The van der Waals surface area contributed by atoms with Crippen LogP contribution in [0.4, 0.5) is 0 Å². The maximum absolute atomic E-state index is 6.19. The van der Waals surface area contributed by atoms with Crippen LogP contribution in [0.2, 0.25) is 0 Å². The summed E-state index contributed by atoms with van der Waals surface area (Å²) >= 11 is 0. The van der Waals surface area contributed by atoms with E-state index in [1.54, 1.807) is 0 Å². The SMILES string of the molecule is C1=CC2c3cc4cc5cc6c(cc5cc4cc3C1C21OCCO1)C1C=CC6C12OCCO2. The van der Waals surface area contributed by atoms with Crippen LogP contribution in [-0.4, -0.2) is 38.0 Å². The van der Waals surface area contributed by atoms with Gasteiger partial charge in [-0.05, 0) is 55.9 Å². The van der Waals surface area contributed by atoms with Gasteiger partial charge in [0.05, 0.1) is 50.1 Å². The summed E-state index contributed by atoms with van der Waals surface area (Å²) in [5, 5.41) is 5.14. The zero-order valence-corrected chi connectivity index (χ0v) is 17.5. The fourth-order valence-corrected chi connectivity index (χ4v) is 7.50. The van der Waals surface area contributed by atoms with Crippen LogP contribution in [0.5, 0.6) is 0 Å². The smallest absolute Gasteiger partial charge is 0.189 e. The molecule has 2 aliphatic heterocycles. The van der Waals surface area contributed by atoms with Crippen LogP contribution in [0.15, 0.2) is 60.7 Å². The molecule has 3 aromatic rings. The first-order valence-corrected chi connectivity index (χ1v) is 11.7. The molecule has 2 heterocycles. The summed E-state index contributed by atoms with van der Waals surface area (Å²) in [4.78, 5) is 0. The van der Waals surface area contributed by atoms with Crippen molar-refractivity contribution in [3.8, 4) is 0 Å². The van der Waals surface area contributed by atoms with Crippen molar-refractivity contribution in [2.24, 2.45) is 0 Å². The van der Waals surface area contributed by atoms with Gasteiger partial charge < -0.3 is 18.9 Å². The lowest BCUT2D eigenvalue weighted by Crippen LogP contribution is -2.34. The molecule has 9 rings (SSSR count). The van der Waals surface area contributed by atoms with Gasteiger partial charge in [-0.3, -0.25) is 0 Å². The largest absolute Gasteiger partial charge is 0.346 e. The average Bonchev–Trinajstić information content (AvgIpc) is 3.65. The van der Waals surface area contributed by atoms with Crippen LogP contribution in [-0.2, 0) is 18.9 Å². The third kappa shape index (κ3) is 1.74. The predicted molar refractivity (Wildman–Crippen MR) is 120 cm³/mol. The molecule has 0 aromatic heterocycles. The van der Waals surface area contributed by atoms with Crippen LogP contribution in [0.1, 0.15) is 45.9 Å². The van der Waals surface area contributed by atoms with Crippen LogP contribution in [0.25, 0.3) is 21.5 Å². The van der Waals surface area contributed by atoms with E-state index in [1.807, 2.05) is 0 Å². The Kier molecular flexibility index (Phi) is 2.85. The van der Waals surface area contributed by atoms with E-state index < -0.39 is 11.6 Å². The molecule has 3 aromatic carbocycles. The second kappa shape index (κ2) is 5.35. The van der Waals surface area contributed by atoms with Gasteiger partial charge >= 0.3 is 0 Å². The molecule has 4 heteroatoms. The molecule has 32 heavy (non-hydrogen) atoms. The lowest BCUT2D eigenvalue weighted by atomic mass is 9.89. The van der Waals surface area contributed by atoms with Crippen molar-refractivity contribution < 1.29 is 18.9 Å². The van der Waals surface area contributed by atoms with Crippen molar-refractivity contribution in [2.45, 2.75) is 35.2 Å². The molecule has 6 aliphatic rings. The molecule has 2 saturated heterocycles. The van der Waals surface area contributed by atoms with Crippen molar-refractivity contribution in [2.75, 3.05) is 26.4 Å². The summed E-state index contributed by atoms with van der Waals surface area (Å²) in [7, 11) is 0. The summed E-state index contributed by atoms with van der Waals surface area (Å²) in [5.74, 6) is -0.211. The molecule has 4 aliphatic carbocycles. The lowest BCUT2D eigenvalue weighted by molar-refractivity contribution is -0.161. The fourth-order valence-electron chi connectivity index (χ4n) is 7.50. The fraction of sp³-hybridized carbons (Fsp3) is 0.357. The van der Waals surface area contributed by atoms with E-state index in [0.29, 0.717) is 26.4 Å². The molecule has 2 fully saturated rings. The molecule has 158 valence electrons. The van der Waals surface area contributed by atoms with Gasteiger partial charge in [-0.25, -0.2) is 0 Å². The number of ether oxygens (including phenoxy) is 4. The number of hydrogen-bond acceptors (Lipinski definition) is 4. The Bertz CT molecular complexity index is 1220. The topological polar surface area (TPSA) is 36.9 Å². The zero-order chi connectivity index (χ0) is 20.7. The molecule has 4 unspecified atom stereocenters. The summed E-state index contributed by atoms with van der Waals surface area (Å²) in [6.45, 7) is 2.73. The van der Waals surface area contributed by atoms with Gasteiger partial charge in [-0.2, -0.15) is 0 Å². The average molecular weight is 422 g/mol. The molecular weight excluding hydrogens is 400 g/mol. The first kappa shape index (κ1) is 17.0. The maximum Gasteiger partial charge on any atom is 0.189 e. The van der Waals surface area contributed by atoms with Crippen molar-refractivity contribution in [1.29, 1.82) is 0 Å². The van der Waals surface area contributed by atoms with Gasteiger partial charge in [0.25, 0.3) is 0 Å². The first-order valence-electron chi connectivity index (χ1n) is 11.7. The Hall–Kier alpha value is -2.50. The Morgan fingerprint density at radius 2 is 0.719 bits per heavy atom. The van der Waals surface area contributed by atoms with Gasteiger partial charge in [0, 0.05) is 0 Å². The minimum absolute atomic E-state index is 0.197. The third-order valence-corrected chi connectivity index (χ3v) is 8.74. The van der Waals surface area contributed by atoms with E-state index in [0.717, 1.165) is 0 Å². The highest BCUT2D eigenvalue weighted by Crippen LogP contribution is 2.61. The number of hydrogen-bond donors (Lipinski definition) is 0. The molecule has 0 saturated carbocycles. The van der Waals surface area contributed by atoms with E-state index in [4.69, 9.17) is 18.9 Å². The highest BCUT2D eigenvalue weighted by atomic mass is 16.7. The molecule has 0 radical (unpaired) electrons. The molecule has 0 amide bonds. The van der Waals surface area contributed by atoms with Crippen LogP contribution >= 0.6 is 0 Å². The highest BCUT2D eigenvalue weighted by molar-refractivity contribution is 6.00. The van der Waals surface area contributed by atoms with Gasteiger partial charge in [0.1, 0.15) is 0 Å². The highest BCUT2D eigenvalue weighted by Gasteiger charge is 2.60. The second-order valence-electron chi connectivity index (χ2n) is 10.0. The standard InChI is InChI=1S/C28H22O4/c1-2-24-20-12-16-10-18-14-22-21(25-3-4-26(22)28(25)31-7-8-32-28)13-17(18)9-15(16)11-19(20)23(1)27(24)29-5-6-30-27/h1-4,9-14,23-26H,5-8H2. The van der Waals surface area contributed by atoms with Gasteiger partial charge in [0.2, 0.25) is 0 Å². The minimum Gasteiger partial charge on any atom is -0.346 e. The molecular formula is C28H22O4. The van der Waals surface area contributed by atoms with Gasteiger partial charge in [-0.1, -0.05) is 48.6 Å². The Morgan fingerprint density at radius 3 is 1.00 bits per heavy atom. The van der Waals surface area contributed by atoms with E-state index in [1.165, 1.54) is 43.8 Å². The third-order valence-electron chi connectivity index (χ3n) is 8.74. The molecule has 4 nitrogen and oxygen atoms in total. The van der Waals surface area contributed by atoms with Crippen LogP contribution in [0.3, 0.4) is 0 Å². The monoisotopic (exact) mass is 422 g/mol. The van der Waals surface area contributed by atoms with E-state index in [2.05, 4.69) is 60.7 Å². The van der Waals surface area contributed by atoms with E-state index in [-0.39, 0.29) is 23.7 Å². The van der Waals surface area contributed by atoms with E-state index in [9.17, 15) is 0 Å². The number of rotatable bonds is 0. The maximum atomic E-state index is 6.19. The minimum atomic E-state index is -0.499. The lowest BCUT2D eigenvalue weighted by Gasteiger charge is -2.27. The summed E-state index contributed by atoms with van der Waals surface area (Å²) in [5.41, 5.74) is 5.45.